The molecular formula is C13H25NO3. The third kappa shape index (κ3) is 4.54. The van der Waals surface area contributed by atoms with Gasteiger partial charge in [-0.1, -0.05) is 6.85 Å². The lowest BCUT2D eigenvalue weighted by atomic mass is 9.93. The van der Waals surface area contributed by atoms with Crippen LogP contribution in [0, 0.1) is 5.89 Å². The van der Waals surface area contributed by atoms with E-state index in [-0.39, 0.29) is 0 Å². The summed E-state index contributed by atoms with van der Waals surface area (Å²) in [5.74, 6) is -4.01. The fourth-order valence-corrected chi connectivity index (χ4v) is 1.02. The lowest BCUT2D eigenvalue weighted by Crippen LogP contribution is -2.48. The van der Waals surface area contributed by atoms with Crippen molar-refractivity contribution in [3.8, 4) is 0 Å². The topological polar surface area (TPSA) is 49.8 Å². The average Bonchev–Trinajstić information content (AvgIpc) is 2.48. The number of likely N-dealkylation sites (tertiary alicyclic amines) is 1. The maximum absolute atomic E-state index is 12.9. The number of amides is 1. The molecule has 1 rings (SSSR count). The first-order valence-corrected chi connectivity index (χ1v) is 4.95. The molecule has 1 aliphatic heterocycles. The van der Waals surface area contributed by atoms with Gasteiger partial charge in [-0.05, 0) is 45.8 Å². The third-order valence-electron chi connectivity index (χ3n) is 1.58. The predicted octanol–water partition coefficient (Wildman–Crippen LogP) is 2.40. The second kappa shape index (κ2) is 5.71. The summed E-state index contributed by atoms with van der Waals surface area (Å²) in [7, 11) is 0. The van der Waals surface area contributed by atoms with Crippen molar-refractivity contribution in [1.82, 2.24) is 4.90 Å². The summed E-state index contributed by atoms with van der Waals surface area (Å²) in [6.07, 6.45) is -13.5. The Bertz CT molecular complexity index is 701. The van der Waals surface area contributed by atoms with Crippen molar-refractivity contribution in [1.29, 1.82) is 0 Å². The van der Waals surface area contributed by atoms with Crippen LogP contribution in [0.2, 0.25) is 0 Å². The van der Waals surface area contributed by atoms with E-state index < -0.39 is 67.6 Å². The lowest BCUT2D eigenvalue weighted by Gasteiger charge is -2.39. The number of hydrogen-bond donors (Lipinski definition) is 1. The number of hydrogen-bond acceptors (Lipinski definition) is 3. The van der Waals surface area contributed by atoms with Crippen molar-refractivity contribution >= 4 is 6.09 Å². The smallest absolute Gasteiger partial charge is 0.410 e. The molecule has 0 aliphatic carbocycles. The fourth-order valence-electron chi connectivity index (χ4n) is 1.02. The number of piperidine rings is 1. The van der Waals surface area contributed by atoms with E-state index in [1.165, 1.54) is 20.8 Å². The number of carbonyl (C=O) groups excluding carboxylic acids is 1. The first-order chi connectivity index (χ1) is 12.8. The van der Waals surface area contributed by atoms with Gasteiger partial charge in [0.1, 0.15) is 5.60 Å². The van der Waals surface area contributed by atoms with Crippen LogP contribution < -0.4 is 0 Å². The first kappa shape index (κ1) is 4.41. The Morgan fingerprint density at radius 1 is 1.71 bits per heavy atom. The molecule has 0 radical (unpaired) electrons. The van der Waals surface area contributed by atoms with Gasteiger partial charge in [-0.25, -0.2) is 4.79 Å². The van der Waals surface area contributed by atoms with Gasteiger partial charge in [0.25, 0.3) is 0 Å². The summed E-state index contributed by atoms with van der Waals surface area (Å²) in [5, 5.41) is 9.46. The summed E-state index contributed by atoms with van der Waals surface area (Å²) in [6.45, 7) is -5.59. The van der Waals surface area contributed by atoms with E-state index in [0.29, 0.717) is 0 Å². The number of aliphatic hydroxyl groups is 1. The monoisotopic (exact) mass is 256 g/mol. The number of carbonyl (C=O) groups is 1. The highest BCUT2D eigenvalue weighted by atomic mass is 16.6. The Morgan fingerprint density at radius 3 is 2.94 bits per heavy atom. The van der Waals surface area contributed by atoms with Crippen LogP contribution in [0.5, 0.6) is 0 Å². The quantitative estimate of drug-likeness (QED) is 0.825. The largest absolute Gasteiger partial charge is 0.444 e. The summed E-state index contributed by atoms with van der Waals surface area (Å²) < 4.78 is 109. The minimum absolute atomic E-state index is 0.540. The van der Waals surface area contributed by atoms with E-state index in [0.717, 1.165) is 0 Å². The van der Waals surface area contributed by atoms with Crippen LogP contribution in [0.15, 0.2) is 0 Å². The molecule has 0 aromatic heterocycles. The molecule has 4 heteroatoms. The molecule has 0 aromatic carbocycles. The van der Waals surface area contributed by atoms with Gasteiger partial charge >= 0.3 is 6.09 Å². The minimum Gasteiger partial charge on any atom is -0.444 e. The molecule has 0 saturated carbocycles. The second-order valence-corrected chi connectivity index (χ2v) is 4.24. The SMILES string of the molecule is [2H]C([2H])(CO)[C@@]1([2H])N(C(=O)OC(C)(C)C)C([2H])([2H])[C@@]([2H])(C([2H])([2H])[2H])C([2H])([2H])C1([2H])[2H]. The van der Waals surface area contributed by atoms with Gasteiger partial charge in [0.05, 0.1) is 1.37 Å². The van der Waals surface area contributed by atoms with Gasteiger partial charge in [0.15, 0.2) is 0 Å². The average molecular weight is 256 g/mol. The second-order valence-electron chi connectivity index (χ2n) is 4.24. The van der Waals surface area contributed by atoms with Crippen molar-refractivity contribution in [2.75, 3.05) is 13.1 Å². The molecule has 0 unspecified atom stereocenters. The highest BCUT2D eigenvalue weighted by molar-refractivity contribution is 5.68. The number of rotatable bonds is 2. The van der Waals surface area contributed by atoms with Crippen LogP contribution in [0.1, 0.15) is 64.6 Å². The summed E-state index contributed by atoms with van der Waals surface area (Å²) in [4.78, 5) is 12.3. The van der Waals surface area contributed by atoms with Crippen LogP contribution in [0.4, 0.5) is 4.79 Å². The zero-order chi connectivity index (χ0) is 24.6. The Kier molecular flexibility index (Phi) is 1.48. The summed E-state index contributed by atoms with van der Waals surface area (Å²) in [6, 6.07) is -3.88. The van der Waals surface area contributed by atoms with Crippen molar-refractivity contribution in [3.05, 3.63) is 0 Å². The Morgan fingerprint density at radius 2 is 2.41 bits per heavy atom. The van der Waals surface area contributed by atoms with Crippen molar-refractivity contribution in [2.24, 2.45) is 5.89 Å². The van der Waals surface area contributed by atoms with E-state index >= 15 is 0 Å². The molecule has 1 saturated heterocycles. The standard InChI is InChI=1S/C13H25NO3/c1-10-5-6-11(7-8-15)14(9-10)12(16)17-13(2,3)4/h10-11,15H,5-9H2,1-4H3/t10-,11-/m0/s1/i1D3,5D2,6D2,7D2,9D2,10D,11D. The van der Waals surface area contributed by atoms with E-state index in [1.807, 2.05) is 0 Å². The number of ether oxygens (including phenoxy) is 1. The Labute approximate surface area is 122 Å². The highest BCUT2D eigenvalue weighted by Crippen LogP contribution is 2.25. The van der Waals surface area contributed by atoms with Crippen LogP contribution in [0.3, 0.4) is 0 Å². The molecule has 0 aromatic rings. The summed E-state index contributed by atoms with van der Waals surface area (Å²) >= 11 is 0. The maximum atomic E-state index is 12.9. The van der Waals surface area contributed by atoms with Gasteiger partial charge in [0.2, 0.25) is 0 Å². The van der Waals surface area contributed by atoms with Crippen molar-refractivity contribution in [2.45, 2.75) is 58.4 Å². The lowest BCUT2D eigenvalue weighted by molar-refractivity contribution is 0.000937. The van der Waals surface area contributed by atoms with Gasteiger partial charge < -0.3 is 14.7 Å². The maximum Gasteiger partial charge on any atom is 0.410 e. The zero-order valence-corrected chi connectivity index (χ0v) is 9.92. The Hall–Kier alpha value is -0.770. The fraction of sp³-hybridized carbons (Fsp3) is 0.923. The molecule has 0 spiro atoms. The molecule has 1 fully saturated rings. The number of nitrogens with zero attached hydrogens (tertiary/aromatic N) is 1. The van der Waals surface area contributed by atoms with Crippen molar-refractivity contribution in [3.63, 3.8) is 0 Å². The number of aliphatic hydroxyl groups excluding tert-OH is 1. The van der Waals surface area contributed by atoms with E-state index in [9.17, 15) is 9.90 Å². The zero-order valence-electron chi connectivity index (χ0n) is 22.9. The first-order valence-electron chi connectivity index (χ1n) is 11.5. The van der Waals surface area contributed by atoms with Crippen LogP contribution in [-0.4, -0.2) is 40.8 Å². The third-order valence-corrected chi connectivity index (χ3v) is 1.58. The molecule has 1 amide bonds. The summed E-state index contributed by atoms with van der Waals surface area (Å²) in [5.41, 5.74) is -1.39. The van der Waals surface area contributed by atoms with Crippen LogP contribution in [0.25, 0.3) is 0 Å². The van der Waals surface area contributed by atoms with Gasteiger partial charge in [0, 0.05) is 35.6 Å². The predicted molar refractivity (Wildman–Crippen MR) is 66.8 cm³/mol. The van der Waals surface area contributed by atoms with E-state index in [2.05, 4.69) is 0 Å². The van der Waals surface area contributed by atoms with Crippen LogP contribution >= 0.6 is 0 Å². The molecule has 17 heavy (non-hydrogen) atoms. The molecular weight excluding hydrogens is 218 g/mol. The van der Waals surface area contributed by atoms with Crippen LogP contribution in [-0.2, 0) is 4.74 Å². The molecule has 1 aliphatic rings. The molecule has 0 bridgehead atoms. The van der Waals surface area contributed by atoms with Gasteiger partial charge in [-0.15, -0.1) is 0 Å². The highest BCUT2D eigenvalue weighted by Gasteiger charge is 2.32. The molecule has 1 N–H and O–H groups in total. The van der Waals surface area contributed by atoms with Crippen molar-refractivity contribution < 1.29 is 32.5 Å². The van der Waals surface area contributed by atoms with Gasteiger partial charge in [-0.2, -0.15) is 0 Å². The molecule has 2 atom stereocenters. The van der Waals surface area contributed by atoms with Gasteiger partial charge in [-0.3, -0.25) is 0 Å². The normalized spacial score (nSPS) is 56.2. The molecule has 4 nitrogen and oxygen atoms in total. The molecule has 1 heterocycles. The Balaban J connectivity index is 4.16. The minimum atomic E-state index is -4.04. The molecule has 100 valence electrons. The van der Waals surface area contributed by atoms with E-state index in [1.54, 1.807) is 0 Å². The van der Waals surface area contributed by atoms with E-state index in [4.69, 9.17) is 22.6 Å².